The molecule has 0 aliphatic rings. The average Bonchev–Trinajstić information content (AvgIpc) is 2.53. The van der Waals surface area contributed by atoms with Crippen LogP contribution in [0.4, 0.5) is 0 Å². The Morgan fingerprint density at radius 3 is 2.92 bits per heavy atom. The summed E-state index contributed by atoms with van der Waals surface area (Å²) in [5, 5.41) is 5.50. The summed E-state index contributed by atoms with van der Waals surface area (Å²) in [6.07, 6.45) is 1.08. The fraction of sp³-hybridized carbons (Fsp3) is 0.556. The molecular weight excluding hydrogens is 270 g/mol. The lowest BCUT2D eigenvalue weighted by atomic mass is 10.2. The zero-order valence-electron chi connectivity index (χ0n) is 7.52. The summed E-state index contributed by atoms with van der Waals surface area (Å²) in [4.78, 5) is 1.34. The molecule has 0 saturated carbocycles. The highest BCUT2D eigenvalue weighted by Crippen LogP contribution is 2.19. The molecule has 1 nitrogen and oxygen atoms in total. The second kappa shape index (κ2) is 6.02. The SMILES string of the molecule is CCC(CCl)NCc1cc(Br)cs1. The van der Waals surface area contributed by atoms with Gasteiger partial charge in [-0.2, -0.15) is 0 Å². The molecule has 1 aromatic heterocycles. The maximum Gasteiger partial charge on any atom is 0.0377 e. The van der Waals surface area contributed by atoms with E-state index < -0.39 is 0 Å². The molecular formula is C9H13BrClNS. The van der Waals surface area contributed by atoms with E-state index in [9.17, 15) is 0 Å². The molecule has 74 valence electrons. The topological polar surface area (TPSA) is 12.0 Å². The Bertz CT molecular complexity index is 248. The van der Waals surface area contributed by atoms with Gasteiger partial charge in [0.2, 0.25) is 0 Å². The molecule has 0 aliphatic carbocycles. The van der Waals surface area contributed by atoms with E-state index in [1.54, 1.807) is 11.3 Å². The molecule has 1 N–H and O–H groups in total. The second-order valence-corrected chi connectivity index (χ2v) is 5.09. The predicted octanol–water partition coefficient (Wildman–Crippen LogP) is 3.62. The zero-order chi connectivity index (χ0) is 9.68. The van der Waals surface area contributed by atoms with Gasteiger partial charge in [0.15, 0.2) is 0 Å². The summed E-state index contributed by atoms with van der Waals surface area (Å²) in [5.74, 6) is 0.684. The number of hydrogen-bond acceptors (Lipinski definition) is 2. The molecule has 1 heterocycles. The van der Waals surface area contributed by atoms with Crippen molar-refractivity contribution >= 4 is 38.9 Å². The Morgan fingerprint density at radius 2 is 2.46 bits per heavy atom. The monoisotopic (exact) mass is 281 g/mol. The van der Waals surface area contributed by atoms with E-state index in [1.165, 1.54) is 4.88 Å². The van der Waals surface area contributed by atoms with Crippen LogP contribution in [-0.4, -0.2) is 11.9 Å². The highest BCUT2D eigenvalue weighted by Gasteiger charge is 2.04. The molecule has 4 heteroatoms. The summed E-state index contributed by atoms with van der Waals surface area (Å²) >= 11 is 11.0. The zero-order valence-corrected chi connectivity index (χ0v) is 10.7. The van der Waals surface area contributed by atoms with Gasteiger partial charge in [0.25, 0.3) is 0 Å². The molecule has 0 aliphatic heterocycles. The average molecular weight is 283 g/mol. The third-order valence-electron chi connectivity index (χ3n) is 1.87. The van der Waals surface area contributed by atoms with Crippen molar-refractivity contribution in [3.8, 4) is 0 Å². The first kappa shape index (κ1) is 11.5. The van der Waals surface area contributed by atoms with Gasteiger partial charge in [0.05, 0.1) is 0 Å². The first-order valence-electron chi connectivity index (χ1n) is 4.28. The Hall–Kier alpha value is 0.430. The first-order valence-corrected chi connectivity index (χ1v) is 6.49. The molecule has 0 spiro atoms. The third-order valence-corrected chi connectivity index (χ3v) is 3.94. The highest BCUT2D eigenvalue weighted by molar-refractivity contribution is 9.10. The Morgan fingerprint density at radius 1 is 1.69 bits per heavy atom. The minimum atomic E-state index is 0.433. The predicted molar refractivity (Wildman–Crippen MR) is 63.7 cm³/mol. The molecule has 0 aromatic carbocycles. The van der Waals surface area contributed by atoms with Gasteiger partial charge < -0.3 is 5.32 Å². The smallest absolute Gasteiger partial charge is 0.0377 e. The van der Waals surface area contributed by atoms with Crippen molar-refractivity contribution in [1.82, 2.24) is 5.32 Å². The molecule has 0 bridgehead atoms. The number of alkyl halides is 1. The van der Waals surface area contributed by atoms with Crippen LogP contribution >= 0.6 is 38.9 Å². The fourth-order valence-corrected chi connectivity index (χ4v) is 2.73. The number of nitrogens with one attached hydrogen (secondary N) is 1. The van der Waals surface area contributed by atoms with Gasteiger partial charge in [-0.1, -0.05) is 6.92 Å². The Balaban J connectivity index is 2.33. The molecule has 0 saturated heterocycles. The third kappa shape index (κ3) is 3.98. The van der Waals surface area contributed by atoms with Crippen LogP contribution in [0.5, 0.6) is 0 Å². The van der Waals surface area contributed by atoms with Crippen LogP contribution in [0.25, 0.3) is 0 Å². The summed E-state index contributed by atoms with van der Waals surface area (Å²) in [6, 6.07) is 2.57. The van der Waals surface area contributed by atoms with Crippen molar-refractivity contribution < 1.29 is 0 Å². The number of rotatable bonds is 5. The van der Waals surface area contributed by atoms with Crippen LogP contribution in [0.15, 0.2) is 15.9 Å². The van der Waals surface area contributed by atoms with Crippen molar-refractivity contribution in [3.63, 3.8) is 0 Å². The fourth-order valence-electron chi connectivity index (χ4n) is 0.999. The lowest BCUT2D eigenvalue weighted by Gasteiger charge is -2.12. The summed E-state index contributed by atoms with van der Waals surface area (Å²) in [5.41, 5.74) is 0. The van der Waals surface area contributed by atoms with E-state index in [0.29, 0.717) is 11.9 Å². The number of hydrogen-bond donors (Lipinski definition) is 1. The maximum absolute atomic E-state index is 5.77. The largest absolute Gasteiger partial charge is 0.308 e. The molecule has 0 amide bonds. The minimum Gasteiger partial charge on any atom is -0.308 e. The van der Waals surface area contributed by atoms with Crippen molar-refractivity contribution in [2.45, 2.75) is 25.9 Å². The van der Waals surface area contributed by atoms with Crippen LogP contribution in [0.3, 0.4) is 0 Å². The van der Waals surface area contributed by atoms with Crippen LogP contribution < -0.4 is 5.32 Å². The van der Waals surface area contributed by atoms with E-state index in [-0.39, 0.29) is 0 Å². The first-order chi connectivity index (χ1) is 6.26. The highest BCUT2D eigenvalue weighted by atomic mass is 79.9. The Labute approximate surface area is 96.6 Å². The molecule has 0 radical (unpaired) electrons. The summed E-state index contributed by atoms with van der Waals surface area (Å²) < 4.78 is 1.16. The van der Waals surface area contributed by atoms with E-state index >= 15 is 0 Å². The summed E-state index contributed by atoms with van der Waals surface area (Å²) in [6.45, 7) is 3.06. The van der Waals surface area contributed by atoms with Crippen LogP contribution in [-0.2, 0) is 6.54 Å². The van der Waals surface area contributed by atoms with Crippen molar-refractivity contribution in [2.24, 2.45) is 0 Å². The van der Waals surface area contributed by atoms with Gasteiger partial charge in [-0.05, 0) is 28.4 Å². The van der Waals surface area contributed by atoms with Crippen molar-refractivity contribution in [2.75, 3.05) is 5.88 Å². The van der Waals surface area contributed by atoms with Gasteiger partial charge in [-0.3, -0.25) is 0 Å². The van der Waals surface area contributed by atoms with E-state index in [4.69, 9.17) is 11.6 Å². The number of halogens is 2. The van der Waals surface area contributed by atoms with E-state index in [1.807, 2.05) is 0 Å². The van der Waals surface area contributed by atoms with Gasteiger partial charge in [-0.25, -0.2) is 0 Å². The molecule has 13 heavy (non-hydrogen) atoms. The minimum absolute atomic E-state index is 0.433. The standard InChI is InChI=1S/C9H13BrClNS/c1-2-8(4-11)12-5-9-3-7(10)6-13-9/h3,6,8,12H,2,4-5H2,1H3. The van der Waals surface area contributed by atoms with E-state index in [0.717, 1.165) is 17.4 Å². The lowest BCUT2D eigenvalue weighted by Crippen LogP contribution is -2.28. The van der Waals surface area contributed by atoms with Gasteiger partial charge in [0.1, 0.15) is 0 Å². The quantitative estimate of drug-likeness (QED) is 0.814. The Kier molecular flexibility index (Phi) is 5.32. The van der Waals surface area contributed by atoms with Crippen LogP contribution in [0.2, 0.25) is 0 Å². The summed E-state index contributed by atoms with van der Waals surface area (Å²) in [7, 11) is 0. The maximum atomic E-state index is 5.77. The van der Waals surface area contributed by atoms with Gasteiger partial charge >= 0.3 is 0 Å². The van der Waals surface area contributed by atoms with E-state index in [2.05, 4.69) is 39.6 Å². The molecule has 1 atom stereocenters. The second-order valence-electron chi connectivity index (χ2n) is 2.87. The molecule has 1 rings (SSSR count). The normalized spacial score (nSPS) is 13.2. The lowest BCUT2D eigenvalue weighted by molar-refractivity contribution is 0.542. The molecule has 0 fully saturated rings. The van der Waals surface area contributed by atoms with Crippen molar-refractivity contribution in [3.05, 3.63) is 20.8 Å². The van der Waals surface area contributed by atoms with Crippen LogP contribution in [0.1, 0.15) is 18.2 Å². The molecule has 1 unspecified atom stereocenters. The van der Waals surface area contributed by atoms with Gasteiger partial charge in [-0.15, -0.1) is 22.9 Å². The molecule has 1 aromatic rings. The van der Waals surface area contributed by atoms with Gasteiger partial charge in [0, 0.05) is 33.2 Å². The van der Waals surface area contributed by atoms with Crippen LogP contribution in [0, 0.1) is 0 Å². The number of thiophene rings is 1. The van der Waals surface area contributed by atoms with Crippen molar-refractivity contribution in [1.29, 1.82) is 0 Å².